The van der Waals surface area contributed by atoms with Crippen molar-refractivity contribution in [3.05, 3.63) is 77.4 Å². The Labute approximate surface area is 167 Å². The summed E-state index contributed by atoms with van der Waals surface area (Å²) in [6, 6.07) is 18.3. The van der Waals surface area contributed by atoms with E-state index in [1.165, 1.54) is 11.8 Å². The molecule has 0 saturated heterocycles. The first-order valence-electron chi connectivity index (χ1n) is 8.71. The molecule has 3 rings (SSSR count). The summed E-state index contributed by atoms with van der Waals surface area (Å²) in [7, 11) is 0. The number of anilines is 2. The highest BCUT2D eigenvalue weighted by molar-refractivity contribution is 7.99. The summed E-state index contributed by atoms with van der Waals surface area (Å²) < 4.78 is 0. The average Bonchev–Trinajstić information content (AvgIpc) is 2.68. The molecule has 0 aliphatic heterocycles. The first-order chi connectivity index (χ1) is 13.5. The highest BCUT2D eigenvalue weighted by atomic mass is 32.2. The van der Waals surface area contributed by atoms with Crippen molar-refractivity contribution in [1.82, 2.24) is 10.2 Å². The zero-order valence-corrected chi connectivity index (χ0v) is 16.4. The highest BCUT2D eigenvalue weighted by Gasteiger charge is 2.08. The minimum atomic E-state index is -0.243. The van der Waals surface area contributed by atoms with Gasteiger partial charge in [0.25, 0.3) is 5.91 Å². The van der Waals surface area contributed by atoms with Gasteiger partial charge in [0.05, 0.1) is 5.75 Å². The summed E-state index contributed by atoms with van der Waals surface area (Å²) in [6.07, 6.45) is 0. The molecule has 0 unspecified atom stereocenters. The average molecular weight is 392 g/mol. The Bertz CT molecular complexity index is 972. The molecule has 0 radical (unpaired) electrons. The van der Waals surface area contributed by atoms with Crippen molar-refractivity contribution in [3.8, 4) is 0 Å². The van der Waals surface area contributed by atoms with E-state index in [1.54, 1.807) is 24.3 Å². The molecule has 1 heterocycles. The number of nitrogens with one attached hydrogen (secondary N) is 2. The van der Waals surface area contributed by atoms with Crippen LogP contribution in [0.25, 0.3) is 0 Å². The number of amides is 2. The van der Waals surface area contributed by atoms with E-state index < -0.39 is 0 Å². The Balaban J connectivity index is 1.50. The molecule has 1 aromatic heterocycles. The van der Waals surface area contributed by atoms with Gasteiger partial charge in [-0.25, -0.2) is 0 Å². The maximum Gasteiger partial charge on any atom is 0.256 e. The van der Waals surface area contributed by atoms with Crippen molar-refractivity contribution in [2.24, 2.45) is 0 Å². The fourth-order valence-electron chi connectivity index (χ4n) is 2.42. The van der Waals surface area contributed by atoms with Gasteiger partial charge in [0, 0.05) is 11.3 Å². The smallest absolute Gasteiger partial charge is 0.256 e. The number of carbonyl (C=O) groups is 2. The van der Waals surface area contributed by atoms with Crippen molar-refractivity contribution < 1.29 is 9.59 Å². The molecule has 0 saturated carbocycles. The molecule has 142 valence electrons. The SMILES string of the molecule is Cc1ccc(C(=O)Nc2ccc(SCC(=O)Nc3cccc(C)c3)nn2)cc1. The number of rotatable bonds is 6. The van der Waals surface area contributed by atoms with Gasteiger partial charge in [-0.2, -0.15) is 0 Å². The van der Waals surface area contributed by atoms with Crippen molar-refractivity contribution in [3.63, 3.8) is 0 Å². The lowest BCUT2D eigenvalue weighted by Crippen LogP contribution is -2.14. The number of aryl methyl sites for hydroxylation is 2. The molecule has 2 amide bonds. The van der Waals surface area contributed by atoms with Crippen LogP contribution in [0.1, 0.15) is 21.5 Å². The van der Waals surface area contributed by atoms with E-state index in [0.29, 0.717) is 16.4 Å². The van der Waals surface area contributed by atoms with Crippen LogP contribution in [0.2, 0.25) is 0 Å². The van der Waals surface area contributed by atoms with Gasteiger partial charge in [-0.1, -0.05) is 41.6 Å². The lowest BCUT2D eigenvalue weighted by molar-refractivity contribution is -0.113. The highest BCUT2D eigenvalue weighted by Crippen LogP contribution is 2.17. The largest absolute Gasteiger partial charge is 0.325 e. The molecule has 0 aliphatic carbocycles. The predicted molar refractivity (Wildman–Crippen MR) is 112 cm³/mol. The minimum Gasteiger partial charge on any atom is -0.325 e. The fourth-order valence-corrected chi connectivity index (χ4v) is 3.03. The number of benzene rings is 2. The molecule has 2 aromatic carbocycles. The lowest BCUT2D eigenvalue weighted by Gasteiger charge is -2.06. The molecule has 0 fully saturated rings. The molecule has 0 spiro atoms. The van der Waals surface area contributed by atoms with E-state index >= 15 is 0 Å². The summed E-state index contributed by atoms with van der Waals surface area (Å²) >= 11 is 1.28. The second-order valence-electron chi connectivity index (χ2n) is 6.28. The van der Waals surface area contributed by atoms with Gasteiger partial charge in [-0.3, -0.25) is 9.59 Å². The number of aromatic nitrogens is 2. The summed E-state index contributed by atoms with van der Waals surface area (Å²) in [5.41, 5.74) is 3.49. The van der Waals surface area contributed by atoms with Crippen LogP contribution in [0.5, 0.6) is 0 Å². The number of hydrogen-bond donors (Lipinski definition) is 2. The number of hydrogen-bond acceptors (Lipinski definition) is 5. The second-order valence-corrected chi connectivity index (χ2v) is 7.28. The maximum absolute atomic E-state index is 12.2. The quantitative estimate of drug-likeness (QED) is 0.618. The third kappa shape index (κ3) is 5.65. The zero-order chi connectivity index (χ0) is 19.9. The monoisotopic (exact) mass is 392 g/mol. The minimum absolute atomic E-state index is 0.117. The molecule has 6 nitrogen and oxygen atoms in total. The predicted octanol–water partition coefficient (Wildman–Crippen LogP) is 4.08. The van der Waals surface area contributed by atoms with Crippen LogP contribution in [-0.2, 0) is 4.79 Å². The summed E-state index contributed by atoms with van der Waals surface area (Å²) in [5, 5.41) is 14.2. The molecule has 2 N–H and O–H groups in total. The van der Waals surface area contributed by atoms with E-state index in [1.807, 2.05) is 50.2 Å². The topological polar surface area (TPSA) is 84.0 Å². The van der Waals surface area contributed by atoms with Gasteiger partial charge < -0.3 is 10.6 Å². The van der Waals surface area contributed by atoms with Gasteiger partial charge >= 0.3 is 0 Å². The number of thioether (sulfide) groups is 1. The lowest BCUT2D eigenvalue weighted by atomic mass is 10.1. The Hall–Kier alpha value is -3.19. The zero-order valence-electron chi connectivity index (χ0n) is 15.6. The molecular formula is C21H20N4O2S. The normalized spacial score (nSPS) is 10.4. The van der Waals surface area contributed by atoms with Crippen molar-refractivity contribution in [2.45, 2.75) is 18.9 Å². The Morgan fingerprint density at radius 2 is 1.68 bits per heavy atom. The Morgan fingerprint density at radius 1 is 0.893 bits per heavy atom. The van der Waals surface area contributed by atoms with E-state index in [2.05, 4.69) is 20.8 Å². The first kappa shape index (κ1) is 19.6. The molecule has 28 heavy (non-hydrogen) atoms. The van der Waals surface area contributed by atoms with Crippen LogP contribution in [0.4, 0.5) is 11.5 Å². The van der Waals surface area contributed by atoms with E-state index in [-0.39, 0.29) is 17.6 Å². The Kier molecular flexibility index (Phi) is 6.39. The van der Waals surface area contributed by atoms with Crippen molar-refractivity contribution >= 4 is 35.1 Å². The second kappa shape index (κ2) is 9.14. The number of carbonyl (C=O) groups excluding carboxylic acids is 2. The van der Waals surface area contributed by atoms with Gasteiger partial charge in [-0.15, -0.1) is 10.2 Å². The van der Waals surface area contributed by atoms with Crippen molar-refractivity contribution in [1.29, 1.82) is 0 Å². The van der Waals surface area contributed by atoms with Crippen LogP contribution >= 0.6 is 11.8 Å². The van der Waals surface area contributed by atoms with E-state index in [9.17, 15) is 9.59 Å². The van der Waals surface area contributed by atoms with Crippen LogP contribution in [0.3, 0.4) is 0 Å². The van der Waals surface area contributed by atoms with Crippen LogP contribution < -0.4 is 10.6 Å². The van der Waals surface area contributed by atoms with Crippen LogP contribution in [-0.4, -0.2) is 27.8 Å². The summed E-state index contributed by atoms with van der Waals surface area (Å²) in [6.45, 7) is 3.93. The third-order valence-electron chi connectivity index (χ3n) is 3.85. The fraction of sp³-hybridized carbons (Fsp3) is 0.143. The van der Waals surface area contributed by atoms with Gasteiger partial charge in [0.2, 0.25) is 5.91 Å². The van der Waals surface area contributed by atoms with Gasteiger partial charge in [-0.05, 0) is 55.8 Å². The standard InChI is InChI=1S/C21H20N4O2S/c1-14-6-8-16(9-7-14)21(27)23-18-10-11-20(25-24-18)28-13-19(26)22-17-5-3-4-15(2)12-17/h3-12H,13H2,1-2H3,(H,22,26)(H,23,24,27). The summed E-state index contributed by atoms with van der Waals surface area (Å²) in [4.78, 5) is 24.2. The van der Waals surface area contributed by atoms with E-state index in [0.717, 1.165) is 16.8 Å². The first-order valence-corrected chi connectivity index (χ1v) is 9.69. The van der Waals surface area contributed by atoms with Crippen LogP contribution in [0, 0.1) is 13.8 Å². The number of nitrogens with zero attached hydrogens (tertiary/aromatic N) is 2. The molecular weight excluding hydrogens is 372 g/mol. The molecule has 7 heteroatoms. The van der Waals surface area contributed by atoms with Gasteiger partial charge in [0.15, 0.2) is 5.82 Å². The van der Waals surface area contributed by atoms with Gasteiger partial charge in [0.1, 0.15) is 5.03 Å². The van der Waals surface area contributed by atoms with Crippen molar-refractivity contribution in [2.75, 3.05) is 16.4 Å². The van der Waals surface area contributed by atoms with E-state index in [4.69, 9.17) is 0 Å². The Morgan fingerprint density at radius 3 is 2.36 bits per heavy atom. The third-order valence-corrected chi connectivity index (χ3v) is 4.77. The van der Waals surface area contributed by atoms with Crippen LogP contribution in [0.15, 0.2) is 65.7 Å². The molecule has 0 atom stereocenters. The maximum atomic E-state index is 12.2. The molecule has 0 bridgehead atoms. The molecule has 3 aromatic rings. The summed E-state index contributed by atoms with van der Waals surface area (Å²) in [5.74, 6) is 0.220. The molecule has 0 aliphatic rings.